The third-order valence-corrected chi connectivity index (χ3v) is 11.0. The van der Waals surface area contributed by atoms with Gasteiger partial charge in [-0.25, -0.2) is 0 Å². The van der Waals surface area contributed by atoms with Crippen molar-refractivity contribution in [2.45, 2.75) is 186 Å². The van der Waals surface area contributed by atoms with Crippen LogP contribution in [-0.2, 0) is 19.1 Å². The molecule has 1 unspecified atom stereocenters. The molecule has 0 aliphatic carbocycles. The molecule has 2 N–H and O–H groups in total. The Hall–Kier alpha value is -1.22. The van der Waals surface area contributed by atoms with Gasteiger partial charge >= 0.3 is 11.9 Å². The number of carbonyl (C=O) groups is 2. The molecule has 43 heavy (non-hydrogen) atoms. The highest BCUT2D eigenvalue weighted by atomic mass is 16.5. The monoisotopic (exact) mass is 607 g/mol. The van der Waals surface area contributed by atoms with Crippen LogP contribution in [0.25, 0.3) is 0 Å². The van der Waals surface area contributed by atoms with E-state index in [1.807, 2.05) is 0 Å². The number of esters is 2. The summed E-state index contributed by atoms with van der Waals surface area (Å²) in [5.74, 6) is -0.829. The smallest absolute Gasteiger partial charge is 0.310 e. The number of hydrogen-bond acceptors (Lipinski definition) is 8. The summed E-state index contributed by atoms with van der Waals surface area (Å²) >= 11 is 0. The molecular weight excluding hydrogens is 540 g/mol. The van der Waals surface area contributed by atoms with E-state index in [9.17, 15) is 9.59 Å². The Morgan fingerprint density at radius 1 is 0.698 bits per heavy atom. The van der Waals surface area contributed by atoms with Crippen LogP contribution >= 0.6 is 0 Å². The van der Waals surface area contributed by atoms with Gasteiger partial charge in [-0.15, -0.1) is 0 Å². The van der Waals surface area contributed by atoms with E-state index >= 15 is 0 Å². The number of likely N-dealkylation sites (tertiary alicyclic amines) is 2. The molecular formula is C35H66N4O4. The first-order chi connectivity index (χ1) is 19.3. The van der Waals surface area contributed by atoms with E-state index in [1.54, 1.807) is 0 Å². The van der Waals surface area contributed by atoms with Crippen LogP contribution in [0.5, 0.6) is 0 Å². The molecule has 3 heterocycles. The summed E-state index contributed by atoms with van der Waals surface area (Å²) in [6.07, 6.45) is 5.48. The minimum Gasteiger partial charge on any atom is -0.462 e. The second kappa shape index (κ2) is 12.5. The third kappa shape index (κ3) is 9.40. The number of nitrogens with zero attached hydrogens (tertiary/aromatic N) is 2. The van der Waals surface area contributed by atoms with Crippen LogP contribution in [-0.4, -0.2) is 93.9 Å². The summed E-state index contributed by atoms with van der Waals surface area (Å²) in [7, 11) is 4.31. The molecule has 0 aromatic rings. The Labute approximate surface area is 263 Å². The molecule has 1 atom stereocenters. The lowest BCUT2D eigenvalue weighted by Crippen LogP contribution is -2.62. The molecule has 8 nitrogen and oxygen atoms in total. The summed E-state index contributed by atoms with van der Waals surface area (Å²) in [6.45, 7) is 27.2. The van der Waals surface area contributed by atoms with Crippen molar-refractivity contribution in [2.75, 3.05) is 20.6 Å². The molecule has 3 rings (SSSR count). The van der Waals surface area contributed by atoms with E-state index in [0.29, 0.717) is 13.0 Å². The minimum atomic E-state index is -0.412. The van der Waals surface area contributed by atoms with Crippen molar-refractivity contribution >= 4 is 11.9 Å². The van der Waals surface area contributed by atoms with Gasteiger partial charge in [0.1, 0.15) is 12.2 Å². The topological polar surface area (TPSA) is 83.1 Å². The van der Waals surface area contributed by atoms with E-state index in [1.165, 1.54) is 0 Å². The van der Waals surface area contributed by atoms with Gasteiger partial charge in [-0.2, -0.15) is 0 Å². The lowest BCUT2D eigenvalue weighted by atomic mass is 9.78. The van der Waals surface area contributed by atoms with Crippen LogP contribution in [0.1, 0.15) is 134 Å². The summed E-state index contributed by atoms with van der Waals surface area (Å²) in [4.78, 5) is 31.8. The van der Waals surface area contributed by atoms with Crippen molar-refractivity contribution in [3.05, 3.63) is 0 Å². The largest absolute Gasteiger partial charge is 0.462 e. The van der Waals surface area contributed by atoms with Gasteiger partial charge in [-0.1, -0.05) is 0 Å². The Morgan fingerprint density at radius 2 is 1.09 bits per heavy atom. The maximum atomic E-state index is 13.8. The third-order valence-electron chi connectivity index (χ3n) is 11.0. The van der Waals surface area contributed by atoms with Crippen LogP contribution in [0, 0.1) is 5.92 Å². The van der Waals surface area contributed by atoms with Gasteiger partial charge in [0.15, 0.2) is 0 Å². The molecule has 3 aliphatic heterocycles. The average molecular weight is 607 g/mol. The number of hydrogen-bond donors (Lipinski definition) is 2. The molecule has 0 radical (unpaired) electrons. The zero-order valence-corrected chi connectivity index (χ0v) is 30.2. The number of ether oxygens (including phenoxy) is 2. The van der Waals surface area contributed by atoms with Crippen LogP contribution in [0.4, 0.5) is 0 Å². The highest BCUT2D eigenvalue weighted by Crippen LogP contribution is 2.40. The first kappa shape index (κ1) is 36.3. The SMILES string of the molecule is CN1C(C)(C)CC(OC(=O)CCC(CNC2CC(C)(C)NC(C)(C)C2)C(=O)OC2CC(C)(C)N(C)C(C)(C)C2)CC1(C)C. The predicted molar refractivity (Wildman–Crippen MR) is 175 cm³/mol. The van der Waals surface area contributed by atoms with E-state index in [4.69, 9.17) is 9.47 Å². The Balaban J connectivity index is 1.68. The van der Waals surface area contributed by atoms with E-state index in [0.717, 1.165) is 38.5 Å². The number of piperidine rings is 3. The molecule has 8 heteroatoms. The normalized spacial score (nSPS) is 28.2. The molecule has 250 valence electrons. The van der Waals surface area contributed by atoms with Crippen LogP contribution in [0.15, 0.2) is 0 Å². The summed E-state index contributed by atoms with van der Waals surface area (Å²) in [6, 6.07) is 0.276. The fourth-order valence-corrected chi connectivity index (χ4v) is 8.60. The Kier molecular flexibility index (Phi) is 10.6. The highest BCUT2D eigenvalue weighted by Gasteiger charge is 2.46. The maximum absolute atomic E-state index is 13.8. The standard InChI is InChI=1S/C35H66N4O4/c1-30(2)17-25(18-31(3,4)37-30)36-23-24(29(41)43-27-21-34(9,10)39(14)35(11,12)22-27)15-16-28(40)42-26-19-32(5,6)38(13)33(7,8)20-26/h24-27,36-37H,15-23H2,1-14H3. The summed E-state index contributed by atoms with van der Waals surface area (Å²) < 4.78 is 12.3. The molecule has 3 aliphatic rings. The molecule has 0 aromatic carbocycles. The van der Waals surface area contributed by atoms with Gasteiger partial charge in [0.2, 0.25) is 0 Å². The number of nitrogens with one attached hydrogen (secondary N) is 2. The molecule has 0 amide bonds. The van der Waals surface area contributed by atoms with E-state index < -0.39 is 5.92 Å². The van der Waals surface area contributed by atoms with Gasteiger partial charge in [0.05, 0.1) is 5.92 Å². The molecule has 3 saturated heterocycles. The van der Waals surface area contributed by atoms with Gasteiger partial charge in [-0.05, 0) is 116 Å². The summed E-state index contributed by atoms with van der Waals surface area (Å²) in [5, 5.41) is 7.45. The van der Waals surface area contributed by atoms with Crippen molar-refractivity contribution in [1.82, 2.24) is 20.4 Å². The molecule has 0 spiro atoms. The second-order valence-corrected chi connectivity index (χ2v) is 18.0. The van der Waals surface area contributed by atoms with Gasteiger partial charge in [0.25, 0.3) is 0 Å². The lowest BCUT2D eigenvalue weighted by Gasteiger charge is -2.53. The predicted octanol–water partition coefficient (Wildman–Crippen LogP) is 5.67. The lowest BCUT2D eigenvalue weighted by molar-refractivity contribution is -0.164. The van der Waals surface area contributed by atoms with E-state index in [-0.39, 0.29) is 69.8 Å². The number of rotatable bonds is 9. The average Bonchev–Trinajstić information content (AvgIpc) is 2.78. The second-order valence-electron chi connectivity index (χ2n) is 18.0. The van der Waals surface area contributed by atoms with Crippen molar-refractivity contribution in [3.63, 3.8) is 0 Å². The van der Waals surface area contributed by atoms with Crippen LogP contribution in [0.2, 0.25) is 0 Å². The Morgan fingerprint density at radius 3 is 1.51 bits per heavy atom. The molecule has 0 saturated carbocycles. The van der Waals surface area contributed by atoms with Crippen LogP contribution in [0.3, 0.4) is 0 Å². The molecule has 0 bridgehead atoms. The van der Waals surface area contributed by atoms with Crippen molar-refractivity contribution in [1.29, 1.82) is 0 Å². The maximum Gasteiger partial charge on any atom is 0.310 e. The Bertz CT molecular complexity index is 950. The number of carbonyl (C=O) groups excluding carboxylic acids is 2. The fraction of sp³-hybridized carbons (Fsp3) is 0.943. The van der Waals surface area contributed by atoms with Crippen LogP contribution < -0.4 is 10.6 Å². The van der Waals surface area contributed by atoms with Gasteiger partial charge in [-0.3, -0.25) is 19.4 Å². The highest BCUT2D eigenvalue weighted by molar-refractivity contribution is 5.75. The molecule has 3 fully saturated rings. The molecule has 0 aromatic heterocycles. The van der Waals surface area contributed by atoms with Crippen molar-refractivity contribution in [2.24, 2.45) is 5.92 Å². The minimum absolute atomic E-state index is 0.000135. The van der Waals surface area contributed by atoms with Gasteiger partial charge < -0.3 is 20.1 Å². The van der Waals surface area contributed by atoms with Crippen molar-refractivity contribution < 1.29 is 19.1 Å². The first-order valence-electron chi connectivity index (χ1n) is 16.7. The summed E-state index contributed by atoms with van der Waals surface area (Å²) in [5.41, 5.74) is -0.275. The van der Waals surface area contributed by atoms with Crippen molar-refractivity contribution in [3.8, 4) is 0 Å². The van der Waals surface area contributed by atoms with E-state index in [2.05, 4.69) is 118 Å². The fourth-order valence-electron chi connectivity index (χ4n) is 8.60. The van der Waals surface area contributed by atoms with Gasteiger partial charge in [0, 0.05) is 77.9 Å². The quantitative estimate of drug-likeness (QED) is 0.325. The zero-order valence-electron chi connectivity index (χ0n) is 30.2. The zero-order chi connectivity index (χ0) is 32.8. The first-order valence-corrected chi connectivity index (χ1v) is 16.7.